The van der Waals surface area contributed by atoms with Gasteiger partial charge in [0.25, 0.3) is 0 Å². The molecular formula is C16H9N3O6. The Kier molecular flexibility index (Phi) is 3.01. The van der Waals surface area contributed by atoms with Crippen LogP contribution in [0.3, 0.4) is 0 Å². The number of carbonyl (C=O) groups is 1. The van der Waals surface area contributed by atoms with E-state index in [4.69, 9.17) is 4.74 Å². The van der Waals surface area contributed by atoms with Crippen LogP contribution in [0.25, 0.3) is 5.57 Å². The first-order valence-corrected chi connectivity index (χ1v) is 7.27. The van der Waals surface area contributed by atoms with Crippen molar-refractivity contribution in [1.82, 2.24) is 0 Å². The van der Waals surface area contributed by atoms with Gasteiger partial charge in [-0.1, -0.05) is 5.18 Å². The number of rotatable bonds is 3. The number of allylic oxidation sites excluding steroid dienone is 3. The van der Waals surface area contributed by atoms with Crippen LogP contribution in [0.4, 0.5) is 11.4 Å². The highest BCUT2D eigenvalue weighted by atomic mass is 16.5. The first kappa shape index (κ1) is 15.1. The van der Waals surface area contributed by atoms with Gasteiger partial charge in [0.05, 0.1) is 0 Å². The van der Waals surface area contributed by atoms with Gasteiger partial charge in [0.2, 0.25) is 5.78 Å². The van der Waals surface area contributed by atoms with Crippen LogP contribution in [0.2, 0.25) is 0 Å². The molecule has 0 fully saturated rings. The molecule has 0 saturated heterocycles. The van der Waals surface area contributed by atoms with Crippen LogP contribution in [-0.4, -0.2) is 23.0 Å². The summed E-state index contributed by atoms with van der Waals surface area (Å²) in [6.45, 7) is -0.187. The van der Waals surface area contributed by atoms with Crippen LogP contribution in [0.5, 0.6) is 5.75 Å². The van der Waals surface area contributed by atoms with Gasteiger partial charge in [-0.05, 0) is 45.8 Å². The number of fused-ring (bicyclic) bond motifs is 4. The largest absolute Gasteiger partial charge is 0.504 e. The quantitative estimate of drug-likeness (QED) is 0.837. The smallest absolute Gasteiger partial charge is 0.220 e. The van der Waals surface area contributed by atoms with E-state index in [9.17, 15) is 24.6 Å². The second-order valence-corrected chi connectivity index (χ2v) is 5.93. The Balaban J connectivity index is 2.06. The SMILES string of the molecule is O=Nc1ccc2c(c1N=O)OCC1(N=O)CC3=CC(=O)C(O)=CC3=C21. The maximum absolute atomic E-state index is 11.7. The summed E-state index contributed by atoms with van der Waals surface area (Å²) in [7, 11) is 0. The average Bonchev–Trinajstić information content (AvgIpc) is 2.95. The van der Waals surface area contributed by atoms with E-state index in [2.05, 4.69) is 15.5 Å². The first-order valence-electron chi connectivity index (χ1n) is 7.27. The molecule has 4 rings (SSSR count). The van der Waals surface area contributed by atoms with Gasteiger partial charge in [-0.15, -0.1) is 14.7 Å². The molecule has 1 aromatic carbocycles. The maximum Gasteiger partial charge on any atom is 0.220 e. The highest BCUT2D eigenvalue weighted by Crippen LogP contribution is 2.56. The second-order valence-electron chi connectivity index (χ2n) is 5.93. The van der Waals surface area contributed by atoms with E-state index in [1.165, 1.54) is 24.3 Å². The highest BCUT2D eigenvalue weighted by molar-refractivity contribution is 6.08. The second kappa shape index (κ2) is 5.00. The zero-order chi connectivity index (χ0) is 17.8. The molecule has 1 aromatic rings. The number of carbonyl (C=O) groups excluding carboxylic acids is 1. The summed E-state index contributed by atoms with van der Waals surface area (Å²) >= 11 is 0. The van der Waals surface area contributed by atoms with Crippen molar-refractivity contribution < 1.29 is 14.6 Å². The predicted octanol–water partition coefficient (Wildman–Crippen LogP) is 3.49. The lowest BCUT2D eigenvalue weighted by Crippen LogP contribution is -2.36. The molecule has 0 bridgehead atoms. The minimum absolute atomic E-state index is 0.0277. The van der Waals surface area contributed by atoms with Gasteiger partial charge < -0.3 is 9.84 Å². The Morgan fingerprint density at radius 2 is 1.92 bits per heavy atom. The van der Waals surface area contributed by atoms with E-state index in [-0.39, 0.29) is 30.2 Å². The number of benzene rings is 1. The summed E-state index contributed by atoms with van der Waals surface area (Å²) in [5, 5.41) is 18.6. The fourth-order valence-electron chi connectivity index (χ4n) is 3.52. The van der Waals surface area contributed by atoms with Crippen LogP contribution < -0.4 is 4.74 Å². The lowest BCUT2D eigenvalue weighted by molar-refractivity contribution is -0.113. The molecule has 0 spiro atoms. The van der Waals surface area contributed by atoms with Crippen molar-refractivity contribution in [2.45, 2.75) is 12.0 Å². The van der Waals surface area contributed by atoms with E-state index in [0.29, 0.717) is 22.3 Å². The maximum atomic E-state index is 11.7. The lowest BCUT2D eigenvalue weighted by atomic mass is 9.84. The highest BCUT2D eigenvalue weighted by Gasteiger charge is 2.51. The molecule has 0 aromatic heterocycles. The molecule has 1 heterocycles. The molecular weight excluding hydrogens is 330 g/mol. The van der Waals surface area contributed by atoms with Crippen molar-refractivity contribution in [2.75, 3.05) is 6.61 Å². The third-order valence-corrected chi connectivity index (χ3v) is 4.60. The number of ether oxygens (including phenoxy) is 1. The molecule has 9 nitrogen and oxygen atoms in total. The molecule has 3 aliphatic rings. The Bertz CT molecular complexity index is 974. The molecule has 0 saturated carbocycles. The summed E-state index contributed by atoms with van der Waals surface area (Å²) in [4.78, 5) is 45.3. The third kappa shape index (κ3) is 1.86. The van der Waals surface area contributed by atoms with Crippen molar-refractivity contribution in [3.05, 3.63) is 61.5 Å². The van der Waals surface area contributed by atoms with Crippen molar-refractivity contribution in [1.29, 1.82) is 0 Å². The number of aliphatic hydroxyl groups is 1. The molecule has 0 amide bonds. The van der Waals surface area contributed by atoms with Crippen LogP contribution in [-0.2, 0) is 4.79 Å². The van der Waals surface area contributed by atoms with Crippen molar-refractivity contribution in [3.63, 3.8) is 0 Å². The normalized spacial score (nSPS) is 23.6. The topological polar surface area (TPSA) is 135 Å². The number of hydrogen-bond acceptors (Lipinski definition) is 9. The Labute approximate surface area is 139 Å². The van der Waals surface area contributed by atoms with Gasteiger partial charge in [0.1, 0.15) is 12.3 Å². The van der Waals surface area contributed by atoms with E-state index in [0.717, 1.165) is 0 Å². The molecule has 2 aliphatic carbocycles. The number of aliphatic hydroxyl groups excluding tert-OH is 1. The fraction of sp³-hybridized carbons (Fsp3) is 0.188. The van der Waals surface area contributed by atoms with Crippen LogP contribution >= 0.6 is 0 Å². The predicted molar refractivity (Wildman–Crippen MR) is 86.7 cm³/mol. The summed E-state index contributed by atoms with van der Waals surface area (Å²) in [5.74, 6) is -0.989. The zero-order valence-electron chi connectivity index (χ0n) is 12.6. The Morgan fingerprint density at radius 1 is 1.12 bits per heavy atom. The number of nitroso groups, excluding NO2 is 3. The molecule has 0 radical (unpaired) electrons. The standard InChI is InChI=1S/C16H9N3O6/c20-11-3-7-5-16(19-24)6-25-15-8(13(16)9(7)4-12(11)21)1-2-10(17-22)14(15)18-23/h1-4,21H,5-6H2. The summed E-state index contributed by atoms with van der Waals surface area (Å²) in [6, 6.07) is 2.77. The monoisotopic (exact) mass is 339 g/mol. The molecule has 1 unspecified atom stereocenters. The van der Waals surface area contributed by atoms with E-state index >= 15 is 0 Å². The van der Waals surface area contributed by atoms with E-state index in [1.807, 2.05) is 0 Å². The van der Waals surface area contributed by atoms with Crippen LogP contribution in [0, 0.1) is 14.7 Å². The summed E-state index contributed by atoms with van der Waals surface area (Å²) in [6.07, 6.45) is 2.66. The third-order valence-electron chi connectivity index (χ3n) is 4.60. The first-order chi connectivity index (χ1) is 12.0. The molecule has 124 valence electrons. The number of hydrogen-bond donors (Lipinski definition) is 1. The molecule has 1 atom stereocenters. The van der Waals surface area contributed by atoms with Crippen LogP contribution in [0.1, 0.15) is 12.0 Å². The van der Waals surface area contributed by atoms with Gasteiger partial charge in [-0.3, -0.25) is 4.79 Å². The minimum Gasteiger partial charge on any atom is -0.504 e. The van der Waals surface area contributed by atoms with Crippen molar-refractivity contribution >= 4 is 22.7 Å². The number of nitrogens with zero attached hydrogens (tertiary/aromatic N) is 3. The van der Waals surface area contributed by atoms with E-state index < -0.39 is 17.1 Å². The summed E-state index contributed by atoms with van der Waals surface area (Å²) < 4.78 is 5.54. The molecule has 1 N–H and O–H groups in total. The van der Waals surface area contributed by atoms with Gasteiger partial charge in [-0.2, -0.15) is 0 Å². The van der Waals surface area contributed by atoms with Gasteiger partial charge >= 0.3 is 0 Å². The summed E-state index contributed by atoms with van der Waals surface area (Å²) in [5.41, 5.74) is 0.0683. The minimum atomic E-state index is -1.29. The molecule has 25 heavy (non-hydrogen) atoms. The zero-order valence-corrected chi connectivity index (χ0v) is 12.6. The Hall–Kier alpha value is -3.49. The lowest BCUT2D eigenvalue weighted by Gasteiger charge is -2.31. The fourth-order valence-corrected chi connectivity index (χ4v) is 3.52. The van der Waals surface area contributed by atoms with E-state index in [1.54, 1.807) is 0 Å². The molecule has 9 heteroatoms. The average molecular weight is 339 g/mol. The van der Waals surface area contributed by atoms with Crippen molar-refractivity contribution in [3.8, 4) is 5.75 Å². The van der Waals surface area contributed by atoms with Gasteiger partial charge in [0.15, 0.2) is 22.7 Å². The Morgan fingerprint density at radius 3 is 2.60 bits per heavy atom. The molecule has 1 aliphatic heterocycles. The van der Waals surface area contributed by atoms with Crippen molar-refractivity contribution in [2.24, 2.45) is 15.5 Å². The number of ketones is 1. The van der Waals surface area contributed by atoms with Gasteiger partial charge in [0, 0.05) is 17.6 Å². The van der Waals surface area contributed by atoms with Crippen LogP contribution in [0.15, 0.2) is 56.7 Å². The van der Waals surface area contributed by atoms with Gasteiger partial charge in [-0.25, -0.2) is 0 Å².